The van der Waals surface area contributed by atoms with Crippen molar-refractivity contribution in [1.82, 2.24) is 4.90 Å². The fraction of sp³-hybridized carbons (Fsp3) is 1.00. The van der Waals surface area contributed by atoms with Gasteiger partial charge in [0.05, 0.1) is 0 Å². The second-order valence-corrected chi connectivity index (χ2v) is 4.38. The molecule has 2 nitrogen and oxygen atoms in total. The van der Waals surface area contributed by atoms with Gasteiger partial charge < -0.3 is 5.11 Å². The summed E-state index contributed by atoms with van der Waals surface area (Å²) in [5, 5.41) is 9.70. The molecule has 2 saturated carbocycles. The molecule has 0 spiro atoms. The maximum atomic E-state index is 9.70. The maximum absolute atomic E-state index is 9.70. The van der Waals surface area contributed by atoms with E-state index in [0.29, 0.717) is 5.54 Å². The Bertz CT molecular complexity index is 186. The van der Waals surface area contributed by atoms with Gasteiger partial charge in [-0.15, -0.1) is 0 Å². The molecule has 0 aromatic heterocycles. The highest BCUT2D eigenvalue weighted by atomic mass is 16.3. The summed E-state index contributed by atoms with van der Waals surface area (Å²) in [6.45, 7) is 1.15. The van der Waals surface area contributed by atoms with Gasteiger partial charge >= 0.3 is 0 Å². The molecule has 3 aliphatic rings. The van der Waals surface area contributed by atoms with Crippen LogP contribution in [0.4, 0.5) is 0 Å². The molecule has 1 heterocycles. The smallest absolute Gasteiger partial charge is 0.107 e. The molecule has 3 rings (SSSR count). The first-order valence-electron chi connectivity index (χ1n) is 4.78. The summed E-state index contributed by atoms with van der Waals surface area (Å²) in [5.74, 6) is 0.982. The molecule has 62 valence electrons. The molecule has 1 N–H and O–H groups in total. The van der Waals surface area contributed by atoms with Crippen molar-refractivity contribution in [2.24, 2.45) is 5.92 Å². The number of rotatable bonds is 1. The molecular weight excluding hydrogens is 138 g/mol. The summed E-state index contributed by atoms with van der Waals surface area (Å²) >= 11 is 0. The van der Waals surface area contributed by atoms with E-state index in [-0.39, 0.29) is 6.23 Å². The van der Waals surface area contributed by atoms with Crippen LogP contribution in [0.15, 0.2) is 0 Å². The summed E-state index contributed by atoms with van der Waals surface area (Å²) in [6, 6.07) is 0. The van der Waals surface area contributed by atoms with Crippen LogP contribution in [-0.4, -0.2) is 28.3 Å². The SMILES string of the molecule is OC1CCCCN1C12CC1C2. The van der Waals surface area contributed by atoms with Crippen LogP contribution in [0.1, 0.15) is 32.1 Å². The standard InChI is InChI=1S/C9H15NO/c11-8-3-1-2-4-10(8)9-5-7(9)6-9/h7-8,11H,1-6H2. The van der Waals surface area contributed by atoms with E-state index < -0.39 is 0 Å². The van der Waals surface area contributed by atoms with Gasteiger partial charge in [-0.05, 0) is 38.0 Å². The number of piperidine rings is 1. The average molecular weight is 153 g/mol. The van der Waals surface area contributed by atoms with Crippen molar-refractivity contribution in [1.29, 1.82) is 0 Å². The van der Waals surface area contributed by atoms with Crippen molar-refractivity contribution >= 4 is 0 Å². The largest absolute Gasteiger partial charge is 0.378 e. The van der Waals surface area contributed by atoms with Crippen LogP contribution in [-0.2, 0) is 0 Å². The van der Waals surface area contributed by atoms with Crippen LogP contribution in [0.25, 0.3) is 0 Å². The molecule has 1 atom stereocenters. The van der Waals surface area contributed by atoms with Gasteiger partial charge in [0.15, 0.2) is 0 Å². The van der Waals surface area contributed by atoms with E-state index >= 15 is 0 Å². The Morgan fingerprint density at radius 3 is 2.55 bits per heavy atom. The fourth-order valence-electron chi connectivity index (χ4n) is 2.58. The monoisotopic (exact) mass is 153 g/mol. The van der Waals surface area contributed by atoms with Gasteiger partial charge in [0.25, 0.3) is 0 Å². The van der Waals surface area contributed by atoms with E-state index in [2.05, 4.69) is 4.90 Å². The van der Waals surface area contributed by atoms with Gasteiger partial charge in [-0.3, -0.25) is 4.90 Å². The lowest BCUT2D eigenvalue weighted by Gasteiger charge is -2.34. The highest BCUT2D eigenvalue weighted by Gasteiger charge is 2.73. The van der Waals surface area contributed by atoms with Crippen LogP contribution >= 0.6 is 0 Å². The van der Waals surface area contributed by atoms with Gasteiger partial charge in [0.1, 0.15) is 6.23 Å². The maximum Gasteiger partial charge on any atom is 0.107 e. The first-order valence-corrected chi connectivity index (χ1v) is 4.78. The summed E-state index contributed by atoms with van der Waals surface area (Å²) in [6.07, 6.45) is 6.18. The predicted octanol–water partition coefficient (Wildman–Crippen LogP) is 0.953. The second kappa shape index (κ2) is 1.80. The van der Waals surface area contributed by atoms with E-state index in [0.717, 1.165) is 18.9 Å². The van der Waals surface area contributed by atoms with Crippen LogP contribution in [0.5, 0.6) is 0 Å². The summed E-state index contributed by atoms with van der Waals surface area (Å²) in [7, 11) is 0. The third-order valence-electron chi connectivity index (χ3n) is 3.68. The lowest BCUT2D eigenvalue weighted by Crippen LogP contribution is -2.44. The van der Waals surface area contributed by atoms with E-state index in [1.807, 2.05) is 0 Å². The van der Waals surface area contributed by atoms with Gasteiger partial charge in [-0.25, -0.2) is 0 Å². The highest BCUT2D eigenvalue weighted by molar-refractivity contribution is 5.28. The molecule has 0 aromatic carbocycles. The minimum atomic E-state index is -0.101. The Labute approximate surface area is 67.2 Å². The molecule has 0 bridgehead atoms. The Morgan fingerprint density at radius 2 is 2.00 bits per heavy atom. The molecule has 1 saturated heterocycles. The highest BCUT2D eigenvalue weighted by Crippen LogP contribution is 2.71. The van der Waals surface area contributed by atoms with E-state index in [1.54, 1.807) is 0 Å². The average Bonchev–Trinajstić information content (AvgIpc) is 2.74. The number of aliphatic hydroxyl groups is 1. The Balaban J connectivity index is 1.74. The summed E-state index contributed by atoms with van der Waals surface area (Å²) in [4.78, 5) is 2.36. The molecule has 3 fully saturated rings. The van der Waals surface area contributed by atoms with Crippen molar-refractivity contribution < 1.29 is 5.11 Å². The summed E-state index contributed by atoms with van der Waals surface area (Å²) < 4.78 is 0. The number of fused-ring (bicyclic) bond motifs is 1. The van der Waals surface area contributed by atoms with Gasteiger partial charge in [-0.2, -0.15) is 0 Å². The van der Waals surface area contributed by atoms with Crippen LogP contribution in [0.3, 0.4) is 0 Å². The zero-order chi connectivity index (χ0) is 7.47. The molecule has 2 aliphatic carbocycles. The van der Waals surface area contributed by atoms with Gasteiger partial charge in [-0.1, -0.05) is 0 Å². The van der Waals surface area contributed by atoms with E-state index in [1.165, 1.54) is 25.7 Å². The quantitative estimate of drug-likeness (QED) is 0.606. The number of aliphatic hydroxyl groups excluding tert-OH is 1. The predicted molar refractivity (Wildman–Crippen MR) is 42.0 cm³/mol. The number of hydrogen-bond donors (Lipinski definition) is 1. The molecule has 0 radical (unpaired) electrons. The molecule has 11 heavy (non-hydrogen) atoms. The van der Waals surface area contributed by atoms with Crippen molar-refractivity contribution in [2.45, 2.75) is 43.9 Å². The normalized spacial score (nSPS) is 55.4. The minimum Gasteiger partial charge on any atom is -0.378 e. The topological polar surface area (TPSA) is 23.5 Å². The molecular formula is C9H15NO. The number of hydrogen-bond acceptors (Lipinski definition) is 2. The number of nitrogens with zero attached hydrogens (tertiary/aromatic N) is 1. The van der Waals surface area contributed by atoms with Gasteiger partial charge in [0, 0.05) is 12.1 Å². The van der Waals surface area contributed by atoms with Crippen LogP contribution in [0, 0.1) is 5.92 Å². The third-order valence-corrected chi connectivity index (χ3v) is 3.68. The van der Waals surface area contributed by atoms with Crippen LogP contribution < -0.4 is 0 Å². The lowest BCUT2D eigenvalue weighted by molar-refractivity contribution is -0.0436. The Kier molecular flexibility index (Phi) is 1.06. The molecule has 2 heteroatoms. The zero-order valence-electron chi connectivity index (χ0n) is 6.79. The van der Waals surface area contributed by atoms with E-state index in [4.69, 9.17) is 0 Å². The third kappa shape index (κ3) is 0.744. The summed E-state index contributed by atoms with van der Waals surface area (Å²) in [5.41, 5.74) is 0.542. The number of likely N-dealkylation sites (tertiary alicyclic amines) is 1. The fourth-order valence-corrected chi connectivity index (χ4v) is 2.58. The zero-order valence-corrected chi connectivity index (χ0v) is 6.79. The molecule has 0 aromatic rings. The minimum absolute atomic E-state index is 0.101. The van der Waals surface area contributed by atoms with Gasteiger partial charge in [0.2, 0.25) is 0 Å². The Morgan fingerprint density at radius 1 is 1.27 bits per heavy atom. The lowest BCUT2D eigenvalue weighted by atomic mass is 10.1. The van der Waals surface area contributed by atoms with Crippen molar-refractivity contribution in [3.8, 4) is 0 Å². The van der Waals surface area contributed by atoms with Crippen molar-refractivity contribution in [2.75, 3.05) is 6.54 Å². The molecule has 1 unspecified atom stereocenters. The van der Waals surface area contributed by atoms with Crippen molar-refractivity contribution in [3.63, 3.8) is 0 Å². The second-order valence-electron chi connectivity index (χ2n) is 4.38. The van der Waals surface area contributed by atoms with E-state index in [9.17, 15) is 5.11 Å². The molecule has 0 amide bonds. The van der Waals surface area contributed by atoms with Crippen LogP contribution in [0.2, 0.25) is 0 Å². The first-order chi connectivity index (χ1) is 5.33. The first kappa shape index (κ1) is 6.44. The Hall–Kier alpha value is -0.0800. The molecule has 1 aliphatic heterocycles. The van der Waals surface area contributed by atoms with Crippen molar-refractivity contribution in [3.05, 3.63) is 0 Å².